The van der Waals surface area contributed by atoms with Crippen molar-refractivity contribution < 1.29 is 24.4 Å². The first-order chi connectivity index (χ1) is 19.5. The summed E-state index contributed by atoms with van der Waals surface area (Å²) in [6.07, 6.45) is 1.93. The van der Waals surface area contributed by atoms with Crippen molar-refractivity contribution in [3.05, 3.63) is 51.8 Å². The van der Waals surface area contributed by atoms with Crippen LogP contribution in [0.25, 0.3) is 10.8 Å². The van der Waals surface area contributed by atoms with Gasteiger partial charge in [-0.1, -0.05) is 0 Å². The summed E-state index contributed by atoms with van der Waals surface area (Å²) in [6, 6.07) is 5.68. The first-order valence-corrected chi connectivity index (χ1v) is 13.4. The van der Waals surface area contributed by atoms with E-state index in [1.807, 2.05) is 19.0 Å². The Kier molecular flexibility index (Phi) is 7.53. The van der Waals surface area contributed by atoms with Gasteiger partial charge in [0.05, 0.1) is 22.7 Å². The van der Waals surface area contributed by atoms with Crippen molar-refractivity contribution in [3.63, 3.8) is 0 Å². The Morgan fingerprint density at radius 2 is 1.98 bits per heavy atom. The summed E-state index contributed by atoms with van der Waals surface area (Å²) in [5, 5.41) is 33.1. The number of ether oxygens (including phenoxy) is 1. The Morgan fingerprint density at radius 1 is 1.24 bits per heavy atom. The second kappa shape index (κ2) is 10.9. The molecule has 14 nitrogen and oxygen atoms in total. The molecule has 1 aromatic carbocycles. The van der Waals surface area contributed by atoms with Crippen LogP contribution < -0.4 is 10.6 Å². The van der Waals surface area contributed by atoms with E-state index in [4.69, 9.17) is 4.74 Å². The molecule has 2 aromatic heterocycles. The predicted molar refractivity (Wildman–Crippen MR) is 150 cm³/mol. The molecule has 2 aliphatic rings. The second-order valence-corrected chi connectivity index (χ2v) is 11.2. The highest BCUT2D eigenvalue weighted by Gasteiger charge is 2.47. The lowest BCUT2D eigenvalue weighted by Gasteiger charge is -2.37. The van der Waals surface area contributed by atoms with Crippen LogP contribution in [0.1, 0.15) is 37.9 Å². The third kappa shape index (κ3) is 5.39. The van der Waals surface area contributed by atoms with E-state index >= 15 is 0 Å². The number of anilines is 2. The number of pyridine rings is 1. The molecule has 0 saturated carbocycles. The van der Waals surface area contributed by atoms with Gasteiger partial charge in [0.1, 0.15) is 5.82 Å². The van der Waals surface area contributed by atoms with Gasteiger partial charge in [-0.2, -0.15) is 4.68 Å². The first kappa shape index (κ1) is 28.2. The number of aromatic nitrogens is 3. The molecule has 4 heterocycles. The maximum absolute atomic E-state index is 13.8. The maximum Gasteiger partial charge on any atom is 0.432 e. The smallest absolute Gasteiger partial charge is 0.432 e. The lowest BCUT2D eigenvalue weighted by molar-refractivity contribution is -0.384. The molecular formula is C27H34N8O6. The molecular weight excluding hydrogens is 532 g/mol. The normalized spacial score (nSPS) is 17.4. The zero-order valence-electron chi connectivity index (χ0n) is 23.5. The zero-order chi connectivity index (χ0) is 29.5. The molecule has 1 unspecified atom stereocenters. The van der Waals surface area contributed by atoms with E-state index in [0.717, 1.165) is 17.5 Å². The van der Waals surface area contributed by atoms with Gasteiger partial charge in [-0.05, 0) is 64.2 Å². The van der Waals surface area contributed by atoms with Crippen LogP contribution in [0.5, 0.6) is 0 Å². The monoisotopic (exact) mass is 566 g/mol. The molecule has 3 N–H and O–H groups in total. The molecule has 1 fully saturated rings. The number of nitro benzene ring substituents is 1. The highest BCUT2D eigenvalue weighted by molar-refractivity contribution is 5.94. The number of benzene rings is 1. The Hall–Kier alpha value is -4.30. The number of carbonyl (C=O) groups is 2. The van der Waals surface area contributed by atoms with Crippen molar-refractivity contribution in [3.8, 4) is 0 Å². The van der Waals surface area contributed by atoms with Gasteiger partial charge in [0.2, 0.25) is 0 Å². The van der Waals surface area contributed by atoms with Gasteiger partial charge >= 0.3 is 12.1 Å². The second-order valence-electron chi connectivity index (χ2n) is 11.2. The van der Waals surface area contributed by atoms with E-state index in [9.17, 15) is 24.8 Å². The van der Waals surface area contributed by atoms with Gasteiger partial charge in [0, 0.05) is 55.1 Å². The predicted octanol–water partition coefficient (Wildman–Crippen LogP) is 3.73. The van der Waals surface area contributed by atoms with Crippen molar-refractivity contribution >= 4 is 40.2 Å². The van der Waals surface area contributed by atoms with Gasteiger partial charge in [-0.3, -0.25) is 10.1 Å². The largest absolute Gasteiger partial charge is 0.463 e. The zero-order valence-corrected chi connectivity index (χ0v) is 23.5. The third-order valence-electron chi connectivity index (χ3n) is 7.88. The molecule has 0 bridgehead atoms. The molecule has 41 heavy (non-hydrogen) atoms. The van der Waals surface area contributed by atoms with Crippen molar-refractivity contribution in [1.82, 2.24) is 29.9 Å². The van der Waals surface area contributed by atoms with Crippen LogP contribution >= 0.6 is 0 Å². The molecule has 5 rings (SSSR count). The maximum atomic E-state index is 13.8. The first-order valence-electron chi connectivity index (χ1n) is 13.4. The fourth-order valence-corrected chi connectivity index (χ4v) is 5.83. The number of urea groups is 1. The van der Waals surface area contributed by atoms with Crippen LogP contribution in [0, 0.1) is 16.0 Å². The van der Waals surface area contributed by atoms with Crippen LogP contribution in [0.15, 0.2) is 30.5 Å². The molecule has 0 spiro atoms. The Labute approximate surface area is 236 Å². The van der Waals surface area contributed by atoms with Gasteiger partial charge in [-0.25, -0.2) is 14.6 Å². The van der Waals surface area contributed by atoms with Crippen molar-refractivity contribution in [2.75, 3.05) is 39.2 Å². The molecule has 1 saturated heterocycles. The summed E-state index contributed by atoms with van der Waals surface area (Å²) in [5.74, 6) is 0.878. The number of nitrogens with zero attached hydrogens (tertiary/aromatic N) is 6. The fraction of sp³-hybridized carbons (Fsp3) is 0.481. The number of likely N-dealkylation sites (N-methyl/N-ethyl adjacent to an activating group) is 1. The SMILES string of the molecule is CN(C)CC(NC(=O)N1Cc2c(Nc3nccc4cc([N+](=O)[O-])ccc34)nn(C(=O)O)c2C1(C)C)C1CCOCC1. The number of fused-ring (bicyclic) bond motifs is 2. The summed E-state index contributed by atoms with van der Waals surface area (Å²) in [7, 11) is 3.93. The van der Waals surface area contributed by atoms with Crippen LogP contribution in [0.3, 0.4) is 0 Å². The van der Waals surface area contributed by atoms with Gasteiger partial charge in [0.15, 0.2) is 5.82 Å². The molecule has 0 aliphatic carbocycles. The standard InChI is InChI=1S/C27H34N8O6/c1-27(2)22-20(14-33(27)25(36)29-21(15-32(3)4)16-8-11-41-12-9-16)24(31-34(22)26(37)38)30-23-19-6-5-18(35(39)40)13-17(19)7-10-28-23/h5-7,10,13,16,21H,8-9,11-12,14-15H2,1-4H3,(H,29,36)(H,37,38)(H,28,30,31). The number of carboxylic acid groups (broad SMARTS) is 1. The van der Waals surface area contributed by atoms with E-state index in [0.29, 0.717) is 47.6 Å². The number of amides is 2. The summed E-state index contributed by atoms with van der Waals surface area (Å²) in [5.41, 5.74) is -0.102. The minimum absolute atomic E-state index is 0.0533. The van der Waals surface area contributed by atoms with E-state index in [1.54, 1.807) is 30.9 Å². The van der Waals surface area contributed by atoms with E-state index in [1.165, 1.54) is 18.3 Å². The fourth-order valence-electron chi connectivity index (χ4n) is 5.83. The third-order valence-corrected chi connectivity index (χ3v) is 7.88. The molecule has 218 valence electrons. The Bertz CT molecular complexity index is 1500. The van der Waals surface area contributed by atoms with Crippen LogP contribution in [0.4, 0.5) is 26.9 Å². The molecule has 1 atom stereocenters. The van der Waals surface area contributed by atoms with E-state index in [2.05, 4.69) is 20.7 Å². The van der Waals surface area contributed by atoms with E-state index < -0.39 is 16.6 Å². The topological polar surface area (TPSA) is 168 Å². The number of carbonyl (C=O) groups excluding carboxylic acids is 1. The van der Waals surface area contributed by atoms with Crippen molar-refractivity contribution in [1.29, 1.82) is 0 Å². The van der Waals surface area contributed by atoms with Crippen LogP contribution in [0.2, 0.25) is 0 Å². The van der Waals surface area contributed by atoms with Gasteiger partial charge in [-0.15, -0.1) is 5.10 Å². The van der Waals surface area contributed by atoms with Crippen molar-refractivity contribution in [2.24, 2.45) is 5.92 Å². The summed E-state index contributed by atoms with van der Waals surface area (Å²) >= 11 is 0. The number of hydrogen-bond acceptors (Lipinski definition) is 9. The Balaban J connectivity index is 1.46. The van der Waals surface area contributed by atoms with E-state index in [-0.39, 0.29) is 36.0 Å². The molecule has 0 radical (unpaired) electrons. The van der Waals surface area contributed by atoms with Gasteiger partial charge < -0.3 is 30.3 Å². The highest BCUT2D eigenvalue weighted by Crippen LogP contribution is 2.43. The minimum Gasteiger partial charge on any atom is -0.463 e. The molecule has 14 heteroatoms. The number of nitrogens with one attached hydrogen (secondary N) is 2. The molecule has 2 aliphatic heterocycles. The quantitative estimate of drug-likeness (QED) is 0.283. The summed E-state index contributed by atoms with van der Waals surface area (Å²) in [4.78, 5) is 44.9. The van der Waals surface area contributed by atoms with Gasteiger partial charge in [0.25, 0.3) is 5.69 Å². The molecule has 3 aromatic rings. The minimum atomic E-state index is -1.28. The van der Waals surface area contributed by atoms with Crippen LogP contribution in [-0.4, -0.2) is 86.6 Å². The number of rotatable bonds is 7. The summed E-state index contributed by atoms with van der Waals surface area (Å²) in [6.45, 7) is 5.71. The average molecular weight is 567 g/mol. The Morgan fingerprint density at radius 3 is 2.63 bits per heavy atom. The number of hydrogen-bond donors (Lipinski definition) is 3. The highest BCUT2D eigenvalue weighted by atomic mass is 16.6. The number of nitro groups is 1. The van der Waals surface area contributed by atoms with Crippen molar-refractivity contribution in [2.45, 2.75) is 44.8 Å². The lowest BCUT2D eigenvalue weighted by atomic mass is 9.91. The number of non-ortho nitro benzene ring substituents is 1. The summed E-state index contributed by atoms with van der Waals surface area (Å²) < 4.78 is 6.42. The molecule has 2 amide bonds. The lowest BCUT2D eigenvalue weighted by Crippen LogP contribution is -2.54. The van der Waals surface area contributed by atoms with Crippen LogP contribution in [-0.2, 0) is 16.8 Å². The average Bonchev–Trinajstić information content (AvgIpc) is 3.43.